The van der Waals surface area contributed by atoms with Crippen LogP contribution in [-0.4, -0.2) is 23.0 Å². The van der Waals surface area contributed by atoms with Crippen molar-refractivity contribution in [3.05, 3.63) is 51.7 Å². The third kappa shape index (κ3) is 5.47. The smallest absolute Gasteiger partial charge is 0.341 e. The average molecular weight is 749 g/mol. The number of carbonyl (C=O) groups is 3. The summed E-state index contributed by atoms with van der Waals surface area (Å²) in [4.78, 5) is 34.4. The van der Waals surface area contributed by atoms with Gasteiger partial charge in [-0.05, 0) is 79.9 Å². The van der Waals surface area contributed by atoms with E-state index in [1.807, 2.05) is 45.2 Å². The van der Waals surface area contributed by atoms with Crippen LogP contribution in [0, 0.1) is 34.0 Å². The predicted molar refractivity (Wildman–Crippen MR) is 117 cm³/mol. The van der Waals surface area contributed by atoms with Crippen LogP contribution in [0.5, 0.6) is 5.75 Å². The van der Waals surface area contributed by atoms with E-state index in [-0.39, 0.29) is 0 Å². The number of halogens is 7. The number of rotatable bonds is 5. The van der Waals surface area contributed by atoms with E-state index in [0.717, 1.165) is 10.7 Å². The van der Waals surface area contributed by atoms with Crippen LogP contribution in [0.15, 0.2) is 12.1 Å². The fourth-order valence-corrected chi connectivity index (χ4v) is 4.08. The second-order valence-electron chi connectivity index (χ2n) is 5.22. The van der Waals surface area contributed by atoms with Gasteiger partial charge < -0.3 is 15.2 Å². The van der Waals surface area contributed by atoms with Gasteiger partial charge >= 0.3 is 11.9 Å². The Morgan fingerprint density at radius 3 is 1.86 bits per heavy atom. The molecule has 0 radical (unpaired) electrons. The van der Waals surface area contributed by atoms with Gasteiger partial charge in [0.25, 0.3) is 0 Å². The number of amides is 1. The van der Waals surface area contributed by atoms with Gasteiger partial charge in [0.1, 0.15) is 12.0 Å². The highest BCUT2D eigenvalue weighted by molar-refractivity contribution is 14.1. The molecule has 0 aromatic heterocycles. The Morgan fingerprint density at radius 1 is 0.931 bits per heavy atom. The molecule has 0 aliphatic rings. The van der Waals surface area contributed by atoms with Crippen molar-refractivity contribution in [2.24, 2.45) is 0 Å². The summed E-state index contributed by atoms with van der Waals surface area (Å²) in [6.45, 7) is 0. The number of ether oxygens (including phenoxy) is 1. The van der Waals surface area contributed by atoms with E-state index in [1.165, 1.54) is 0 Å². The fourth-order valence-electron chi connectivity index (χ4n) is 2.00. The van der Waals surface area contributed by atoms with Gasteiger partial charge in [0.2, 0.25) is 23.3 Å². The molecular formula is C16H6F4I3NO5. The molecule has 2 rings (SSSR count). The maximum absolute atomic E-state index is 13.8. The number of aromatic carboxylic acids is 1. The molecule has 0 saturated heterocycles. The lowest BCUT2D eigenvalue weighted by Gasteiger charge is -2.11. The van der Waals surface area contributed by atoms with Crippen molar-refractivity contribution in [3.63, 3.8) is 0 Å². The van der Waals surface area contributed by atoms with Gasteiger partial charge in [0.05, 0.1) is 0 Å². The highest BCUT2D eigenvalue weighted by Crippen LogP contribution is 2.30. The number of hydrogen-bond acceptors (Lipinski definition) is 4. The third-order valence-electron chi connectivity index (χ3n) is 3.23. The van der Waals surface area contributed by atoms with E-state index in [4.69, 9.17) is 5.11 Å². The van der Waals surface area contributed by atoms with Gasteiger partial charge in [0, 0.05) is 16.4 Å². The van der Waals surface area contributed by atoms with Crippen molar-refractivity contribution >= 4 is 91.3 Å². The Balaban J connectivity index is 2.17. The number of benzene rings is 2. The van der Waals surface area contributed by atoms with Gasteiger partial charge in [0.15, 0.2) is 11.6 Å². The Labute approximate surface area is 200 Å². The molecular weight excluding hydrogens is 743 g/mol. The molecule has 0 unspecified atom stereocenters. The first-order valence-electron chi connectivity index (χ1n) is 7.18. The largest absolute Gasteiger partial charge is 0.477 e. The number of nitrogens with one attached hydrogen (secondary N) is 1. The van der Waals surface area contributed by atoms with Gasteiger partial charge in [-0.15, -0.1) is 0 Å². The first-order chi connectivity index (χ1) is 13.4. The molecule has 0 atom stereocenters. The minimum Gasteiger partial charge on any atom is -0.477 e. The van der Waals surface area contributed by atoms with Crippen LogP contribution in [0.25, 0.3) is 0 Å². The van der Waals surface area contributed by atoms with Gasteiger partial charge in [-0.1, -0.05) is 0 Å². The third-order valence-corrected chi connectivity index (χ3v) is 8.15. The second-order valence-corrected chi connectivity index (χ2v) is 8.62. The first-order valence-corrected chi connectivity index (χ1v) is 10.4. The highest BCUT2D eigenvalue weighted by Gasteiger charge is 2.31. The normalized spacial score (nSPS) is 10.6. The molecule has 2 aromatic carbocycles. The number of carbonyl (C=O) groups excluding carboxylic acids is 2. The van der Waals surface area contributed by atoms with Gasteiger partial charge in [-0.3, -0.25) is 9.59 Å². The van der Waals surface area contributed by atoms with Crippen LogP contribution in [0.4, 0.5) is 23.2 Å². The second kappa shape index (κ2) is 9.71. The van der Waals surface area contributed by atoms with E-state index in [9.17, 15) is 31.9 Å². The molecule has 29 heavy (non-hydrogen) atoms. The van der Waals surface area contributed by atoms with Crippen molar-refractivity contribution in [3.8, 4) is 5.75 Å². The zero-order valence-electron chi connectivity index (χ0n) is 13.6. The zero-order chi connectivity index (χ0) is 22.0. The van der Waals surface area contributed by atoms with Crippen LogP contribution in [0.2, 0.25) is 0 Å². The van der Waals surface area contributed by atoms with Crippen molar-refractivity contribution in [1.29, 1.82) is 0 Å². The predicted octanol–water partition coefficient (Wildman–Crippen LogP) is 4.69. The first kappa shape index (κ1) is 24.0. The molecule has 0 bridgehead atoms. The Morgan fingerprint density at radius 2 is 1.41 bits per heavy atom. The summed E-state index contributed by atoms with van der Waals surface area (Å²) in [6.07, 6.45) is -1.03. The number of hydrogen-bond donors (Lipinski definition) is 2. The minimum absolute atomic E-state index is 0.345. The van der Waals surface area contributed by atoms with Crippen molar-refractivity contribution < 1.29 is 41.8 Å². The fraction of sp³-hybridized carbons (Fsp3) is 0.0625. The topological polar surface area (TPSA) is 92.7 Å². The van der Waals surface area contributed by atoms with Crippen LogP contribution in [0.3, 0.4) is 0 Å². The molecule has 2 N–H and O–H groups in total. The van der Waals surface area contributed by atoms with Crippen LogP contribution in [0.1, 0.15) is 16.8 Å². The summed E-state index contributed by atoms with van der Waals surface area (Å²) < 4.78 is 61.7. The van der Waals surface area contributed by atoms with Gasteiger partial charge in [-0.25, -0.2) is 13.6 Å². The lowest BCUT2D eigenvalue weighted by Crippen LogP contribution is -2.22. The molecule has 0 fully saturated rings. The van der Waals surface area contributed by atoms with Crippen LogP contribution >= 0.6 is 67.8 Å². The molecule has 1 amide bonds. The minimum atomic E-state index is -2.25. The summed E-state index contributed by atoms with van der Waals surface area (Å²) in [5, 5.41) is 11.0. The van der Waals surface area contributed by atoms with Crippen molar-refractivity contribution in [2.75, 3.05) is 5.32 Å². The maximum atomic E-state index is 13.8. The molecule has 0 heterocycles. The molecule has 0 aliphatic carbocycles. The van der Waals surface area contributed by atoms with Gasteiger partial charge in [-0.2, -0.15) is 8.78 Å². The monoisotopic (exact) mass is 749 g/mol. The average Bonchev–Trinajstić information content (AvgIpc) is 2.61. The Kier molecular flexibility index (Phi) is 8.05. The van der Waals surface area contributed by atoms with E-state index >= 15 is 0 Å². The number of anilines is 1. The summed E-state index contributed by atoms with van der Waals surface area (Å²) in [6, 6.07) is 3.23. The number of carboxylic acids is 1. The molecule has 0 aliphatic heterocycles. The Bertz CT molecular complexity index is 996. The summed E-state index contributed by atoms with van der Waals surface area (Å²) in [7, 11) is 0. The lowest BCUT2D eigenvalue weighted by molar-refractivity contribution is -0.137. The van der Waals surface area contributed by atoms with Crippen molar-refractivity contribution in [2.45, 2.75) is 6.42 Å². The van der Waals surface area contributed by atoms with Crippen LogP contribution < -0.4 is 10.1 Å². The molecule has 6 nitrogen and oxygen atoms in total. The molecule has 0 spiro atoms. The maximum Gasteiger partial charge on any atom is 0.341 e. The van der Waals surface area contributed by atoms with E-state index in [2.05, 4.69) is 32.6 Å². The molecule has 2 aromatic rings. The summed E-state index contributed by atoms with van der Waals surface area (Å²) in [5.74, 6) is -15.4. The summed E-state index contributed by atoms with van der Waals surface area (Å²) >= 11 is 6.16. The highest BCUT2D eigenvalue weighted by atomic mass is 127. The summed E-state index contributed by atoms with van der Waals surface area (Å²) in [5.41, 5.74) is -1.53. The van der Waals surface area contributed by atoms with E-state index in [1.54, 1.807) is 12.1 Å². The van der Waals surface area contributed by atoms with Crippen molar-refractivity contribution in [1.82, 2.24) is 0 Å². The SMILES string of the molecule is O=C(CC(=O)Oc1c(F)c(F)c(C(=O)O)c(F)c1F)Nc1cc(I)c(I)c(I)c1. The standard InChI is InChI=1S/C16H6F4I3NO5/c17-10-9(16(27)28)11(18)13(20)15(12(10)19)29-8(26)3-7(25)24-4-1-5(21)14(23)6(22)2-4/h1-2H,3H2,(H,24,25)(H,27,28). The number of esters is 1. The lowest BCUT2D eigenvalue weighted by atomic mass is 10.1. The van der Waals surface area contributed by atoms with E-state index in [0.29, 0.717) is 5.69 Å². The number of carboxylic acid groups (broad SMARTS) is 1. The zero-order valence-corrected chi connectivity index (χ0v) is 20.1. The van der Waals surface area contributed by atoms with E-state index < -0.39 is 58.8 Å². The van der Waals surface area contributed by atoms with Crippen LogP contribution in [-0.2, 0) is 9.59 Å². The molecule has 0 saturated carbocycles. The quantitative estimate of drug-likeness (QED) is 0.0882. The molecule has 13 heteroatoms. The molecule has 154 valence electrons. The Hall–Kier alpha value is -1.24.